The van der Waals surface area contributed by atoms with Gasteiger partial charge in [-0.25, -0.2) is 0 Å². The minimum absolute atomic E-state index is 0.318. The quantitative estimate of drug-likeness (QED) is 0.631. The van der Waals surface area contributed by atoms with Gasteiger partial charge >= 0.3 is 0 Å². The van der Waals surface area contributed by atoms with E-state index in [2.05, 4.69) is 57.0 Å². The predicted octanol–water partition coefficient (Wildman–Crippen LogP) is 2.06. The fraction of sp³-hybridized carbons (Fsp3) is 0.438. The molecular formula is C16H23N5O. The lowest BCUT2D eigenvalue weighted by atomic mass is 10.1. The second-order valence-electron chi connectivity index (χ2n) is 5.23. The van der Waals surface area contributed by atoms with Crippen molar-refractivity contribution in [2.24, 2.45) is 4.99 Å². The summed E-state index contributed by atoms with van der Waals surface area (Å²) in [6, 6.07) is 10.8. The Hall–Kier alpha value is -2.37. The third-order valence-electron chi connectivity index (χ3n) is 3.30. The number of nitrogens with zero attached hydrogens (tertiary/aromatic N) is 3. The summed E-state index contributed by atoms with van der Waals surface area (Å²) < 4.78 is 4.94. The van der Waals surface area contributed by atoms with Crippen molar-refractivity contribution in [1.29, 1.82) is 0 Å². The zero-order chi connectivity index (χ0) is 15.8. The Morgan fingerprint density at radius 3 is 2.73 bits per heavy atom. The molecule has 1 unspecified atom stereocenters. The van der Waals surface area contributed by atoms with Gasteiger partial charge in [0.25, 0.3) is 0 Å². The lowest BCUT2D eigenvalue weighted by molar-refractivity contribution is 0.386. The second-order valence-corrected chi connectivity index (χ2v) is 5.23. The van der Waals surface area contributed by atoms with E-state index in [9.17, 15) is 0 Å². The molecule has 0 aliphatic carbocycles. The van der Waals surface area contributed by atoms with E-state index >= 15 is 0 Å². The Kier molecular flexibility index (Phi) is 5.94. The number of aliphatic imine (C=N–C) groups is 1. The molecule has 0 bridgehead atoms. The summed E-state index contributed by atoms with van der Waals surface area (Å²) in [6.07, 6.45) is 2.07. The highest BCUT2D eigenvalue weighted by atomic mass is 16.5. The van der Waals surface area contributed by atoms with Crippen LogP contribution in [0.25, 0.3) is 0 Å². The zero-order valence-electron chi connectivity index (χ0n) is 13.3. The molecule has 1 aromatic carbocycles. The molecule has 0 saturated heterocycles. The normalized spacial score (nSPS) is 13.0. The second kappa shape index (κ2) is 8.17. The van der Waals surface area contributed by atoms with E-state index in [0.29, 0.717) is 24.3 Å². The minimum Gasteiger partial charge on any atom is -0.354 e. The monoisotopic (exact) mass is 301 g/mol. The maximum absolute atomic E-state index is 4.94. The summed E-state index contributed by atoms with van der Waals surface area (Å²) in [5.74, 6) is 1.93. The molecule has 1 atom stereocenters. The van der Waals surface area contributed by atoms with Crippen LogP contribution >= 0.6 is 0 Å². The predicted molar refractivity (Wildman–Crippen MR) is 86.6 cm³/mol. The first-order valence-electron chi connectivity index (χ1n) is 7.47. The number of aryl methyl sites for hydroxylation is 2. The Morgan fingerprint density at radius 1 is 1.32 bits per heavy atom. The van der Waals surface area contributed by atoms with Crippen LogP contribution in [0.15, 0.2) is 39.8 Å². The standard InChI is InChI=1S/C16H23N5O/c1-12(9-10-14-7-5-4-6-8-14)19-16(17-3)18-11-15-20-13(2)22-21-15/h4-8,12H,9-11H2,1-3H3,(H2,17,18,19). The van der Waals surface area contributed by atoms with Crippen molar-refractivity contribution in [1.82, 2.24) is 20.8 Å². The first-order chi connectivity index (χ1) is 10.7. The van der Waals surface area contributed by atoms with Crippen molar-refractivity contribution in [3.63, 3.8) is 0 Å². The van der Waals surface area contributed by atoms with Crippen molar-refractivity contribution < 1.29 is 4.52 Å². The van der Waals surface area contributed by atoms with Crippen LogP contribution in [0.3, 0.4) is 0 Å². The molecule has 1 heterocycles. The van der Waals surface area contributed by atoms with Crippen molar-refractivity contribution in [3.8, 4) is 0 Å². The van der Waals surface area contributed by atoms with Gasteiger partial charge < -0.3 is 15.2 Å². The lowest BCUT2D eigenvalue weighted by Gasteiger charge is -2.17. The van der Waals surface area contributed by atoms with Crippen molar-refractivity contribution in [3.05, 3.63) is 47.6 Å². The molecule has 0 spiro atoms. The summed E-state index contributed by atoms with van der Waals surface area (Å²) in [4.78, 5) is 8.36. The average Bonchev–Trinajstić information content (AvgIpc) is 2.96. The third kappa shape index (κ3) is 5.20. The van der Waals surface area contributed by atoms with Crippen LogP contribution in [-0.4, -0.2) is 29.2 Å². The highest BCUT2D eigenvalue weighted by Gasteiger charge is 2.07. The fourth-order valence-corrected chi connectivity index (χ4v) is 2.10. The minimum atomic E-state index is 0.318. The molecule has 2 aromatic rings. The largest absolute Gasteiger partial charge is 0.354 e. The molecule has 0 saturated carbocycles. The molecule has 1 aromatic heterocycles. The van der Waals surface area contributed by atoms with Gasteiger partial charge in [-0.1, -0.05) is 35.5 Å². The summed E-state index contributed by atoms with van der Waals surface area (Å²) >= 11 is 0. The summed E-state index contributed by atoms with van der Waals surface area (Å²) in [7, 11) is 1.75. The number of benzene rings is 1. The van der Waals surface area contributed by atoms with Crippen LogP contribution in [0.2, 0.25) is 0 Å². The Bertz CT molecular complexity index is 594. The first-order valence-corrected chi connectivity index (χ1v) is 7.47. The fourth-order valence-electron chi connectivity index (χ4n) is 2.10. The van der Waals surface area contributed by atoms with E-state index in [-0.39, 0.29) is 0 Å². The van der Waals surface area contributed by atoms with Crippen LogP contribution < -0.4 is 10.6 Å². The van der Waals surface area contributed by atoms with E-state index in [1.54, 1.807) is 14.0 Å². The van der Waals surface area contributed by atoms with Crippen LogP contribution in [0, 0.1) is 6.92 Å². The number of rotatable bonds is 6. The van der Waals surface area contributed by atoms with Crippen molar-refractivity contribution >= 4 is 5.96 Å². The lowest BCUT2D eigenvalue weighted by Crippen LogP contribution is -2.42. The summed E-state index contributed by atoms with van der Waals surface area (Å²) in [5, 5.41) is 10.4. The maximum Gasteiger partial charge on any atom is 0.223 e. The number of hydrogen-bond acceptors (Lipinski definition) is 4. The molecular weight excluding hydrogens is 278 g/mol. The Balaban J connectivity index is 1.74. The van der Waals surface area contributed by atoms with E-state index in [4.69, 9.17) is 4.52 Å². The molecule has 2 N–H and O–H groups in total. The van der Waals surface area contributed by atoms with Gasteiger partial charge in [-0.15, -0.1) is 0 Å². The summed E-state index contributed by atoms with van der Waals surface area (Å²) in [6.45, 7) is 4.41. The first kappa shape index (κ1) is 16.0. The van der Waals surface area contributed by atoms with E-state index in [1.807, 2.05) is 6.07 Å². The van der Waals surface area contributed by atoms with Gasteiger partial charge in [-0.05, 0) is 25.3 Å². The number of hydrogen-bond donors (Lipinski definition) is 2. The maximum atomic E-state index is 4.94. The number of nitrogens with one attached hydrogen (secondary N) is 2. The molecule has 2 rings (SSSR count). The molecule has 22 heavy (non-hydrogen) atoms. The van der Waals surface area contributed by atoms with Crippen molar-refractivity contribution in [2.75, 3.05) is 7.05 Å². The van der Waals surface area contributed by atoms with Crippen LogP contribution in [-0.2, 0) is 13.0 Å². The molecule has 0 amide bonds. The van der Waals surface area contributed by atoms with Crippen LogP contribution in [0.4, 0.5) is 0 Å². The molecule has 6 nitrogen and oxygen atoms in total. The molecule has 118 valence electrons. The SMILES string of the molecule is CN=C(NCc1noc(C)n1)NC(C)CCc1ccccc1. The Morgan fingerprint density at radius 2 is 2.09 bits per heavy atom. The van der Waals surface area contributed by atoms with E-state index in [1.165, 1.54) is 5.56 Å². The molecule has 0 aliphatic rings. The van der Waals surface area contributed by atoms with Crippen LogP contribution in [0.1, 0.15) is 30.6 Å². The topological polar surface area (TPSA) is 75.3 Å². The smallest absolute Gasteiger partial charge is 0.223 e. The van der Waals surface area contributed by atoms with Gasteiger partial charge in [0.2, 0.25) is 5.89 Å². The molecule has 0 aliphatic heterocycles. The van der Waals surface area contributed by atoms with Gasteiger partial charge in [-0.3, -0.25) is 4.99 Å². The van der Waals surface area contributed by atoms with Gasteiger partial charge in [0.05, 0.1) is 6.54 Å². The highest BCUT2D eigenvalue weighted by molar-refractivity contribution is 5.79. The molecule has 0 radical (unpaired) electrons. The van der Waals surface area contributed by atoms with Crippen LogP contribution in [0.5, 0.6) is 0 Å². The van der Waals surface area contributed by atoms with Gasteiger partial charge in [0.15, 0.2) is 11.8 Å². The third-order valence-corrected chi connectivity index (χ3v) is 3.30. The molecule has 0 fully saturated rings. The Labute approximate surface area is 131 Å². The van der Waals surface area contributed by atoms with Gasteiger partial charge in [0, 0.05) is 20.0 Å². The number of aromatic nitrogens is 2. The van der Waals surface area contributed by atoms with Crippen molar-refractivity contribution in [2.45, 2.75) is 39.3 Å². The van der Waals surface area contributed by atoms with Gasteiger partial charge in [0.1, 0.15) is 0 Å². The van der Waals surface area contributed by atoms with E-state index in [0.717, 1.165) is 18.8 Å². The molecule has 6 heteroatoms. The summed E-state index contributed by atoms with van der Waals surface area (Å²) in [5.41, 5.74) is 1.35. The average molecular weight is 301 g/mol. The van der Waals surface area contributed by atoms with E-state index < -0.39 is 0 Å². The van der Waals surface area contributed by atoms with Gasteiger partial charge in [-0.2, -0.15) is 4.98 Å². The number of guanidine groups is 1. The highest BCUT2D eigenvalue weighted by Crippen LogP contribution is 2.04. The zero-order valence-corrected chi connectivity index (χ0v) is 13.3.